The van der Waals surface area contributed by atoms with E-state index in [1.807, 2.05) is 36.4 Å². The first-order chi connectivity index (χ1) is 12.8. The fourth-order valence-electron chi connectivity index (χ4n) is 2.44. The summed E-state index contributed by atoms with van der Waals surface area (Å²) in [5, 5.41) is 0. The summed E-state index contributed by atoms with van der Waals surface area (Å²) in [5.41, 5.74) is 2.64. The van der Waals surface area contributed by atoms with Gasteiger partial charge in [0.05, 0.1) is 0 Å². The van der Waals surface area contributed by atoms with Crippen LogP contribution in [0.2, 0.25) is 0 Å². The Labute approximate surface area is 160 Å². The van der Waals surface area contributed by atoms with E-state index in [1.165, 1.54) is 49.7 Å². The van der Waals surface area contributed by atoms with Crippen molar-refractivity contribution in [1.29, 1.82) is 0 Å². The molecule has 0 atom stereocenters. The maximum absolute atomic E-state index is 5.07. The Morgan fingerprint density at radius 3 is 0.885 bits per heavy atom. The van der Waals surface area contributed by atoms with E-state index in [9.17, 15) is 0 Å². The maximum Gasteiger partial charge on any atom is 0.0466 e. The second kappa shape index (κ2) is 16.8. The van der Waals surface area contributed by atoms with Gasteiger partial charge in [-0.2, -0.15) is 0 Å². The SMILES string of the molecule is C1CCOCC1.C1CCOCC1.Cc1ccccc1.Cc1ccccc1. The number of hydrogen-bond donors (Lipinski definition) is 0. The van der Waals surface area contributed by atoms with Crippen molar-refractivity contribution < 1.29 is 9.47 Å². The fourth-order valence-corrected chi connectivity index (χ4v) is 2.44. The first-order valence-corrected chi connectivity index (χ1v) is 9.98. The number of ether oxygens (including phenoxy) is 2. The van der Waals surface area contributed by atoms with Gasteiger partial charge in [0.2, 0.25) is 0 Å². The standard InChI is InChI=1S/2C7H8.2C5H10O/c2*1-7-5-3-2-4-6-7;2*1-2-4-6-5-3-1/h2*2-6H,1H3;2*1-5H2. The molecule has 2 heteroatoms. The molecule has 0 spiro atoms. The molecule has 26 heavy (non-hydrogen) atoms. The summed E-state index contributed by atoms with van der Waals surface area (Å²) in [4.78, 5) is 0. The van der Waals surface area contributed by atoms with E-state index >= 15 is 0 Å². The van der Waals surface area contributed by atoms with Crippen LogP contribution in [-0.4, -0.2) is 26.4 Å². The molecule has 4 rings (SSSR count). The van der Waals surface area contributed by atoms with Crippen LogP contribution in [0.3, 0.4) is 0 Å². The first-order valence-electron chi connectivity index (χ1n) is 9.98. The molecule has 2 fully saturated rings. The third kappa shape index (κ3) is 14.7. The van der Waals surface area contributed by atoms with Crippen LogP contribution in [0.5, 0.6) is 0 Å². The van der Waals surface area contributed by atoms with Gasteiger partial charge in [-0.25, -0.2) is 0 Å². The van der Waals surface area contributed by atoms with Gasteiger partial charge in [-0.3, -0.25) is 0 Å². The summed E-state index contributed by atoms with van der Waals surface area (Å²) >= 11 is 0. The zero-order valence-corrected chi connectivity index (χ0v) is 16.7. The van der Waals surface area contributed by atoms with Crippen LogP contribution in [-0.2, 0) is 9.47 Å². The molecule has 0 unspecified atom stereocenters. The lowest BCUT2D eigenvalue weighted by molar-refractivity contribution is 0.0967. The van der Waals surface area contributed by atoms with E-state index in [1.54, 1.807) is 0 Å². The molecule has 2 nitrogen and oxygen atoms in total. The van der Waals surface area contributed by atoms with Crippen molar-refractivity contribution in [3.63, 3.8) is 0 Å². The Hall–Kier alpha value is -1.64. The predicted molar refractivity (Wildman–Crippen MR) is 112 cm³/mol. The smallest absolute Gasteiger partial charge is 0.0466 e. The number of benzene rings is 2. The van der Waals surface area contributed by atoms with Gasteiger partial charge in [-0.15, -0.1) is 0 Å². The highest BCUT2D eigenvalue weighted by Gasteiger charge is 1.95. The molecule has 2 saturated heterocycles. The van der Waals surface area contributed by atoms with Crippen LogP contribution in [0.4, 0.5) is 0 Å². The molecule has 0 bridgehead atoms. The van der Waals surface area contributed by atoms with Gasteiger partial charge in [-0.05, 0) is 52.4 Å². The monoisotopic (exact) mass is 356 g/mol. The van der Waals surface area contributed by atoms with Crippen LogP contribution >= 0.6 is 0 Å². The normalized spacial score (nSPS) is 15.8. The first kappa shape index (κ1) is 22.4. The van der Waals surface area contributed by atoms with Crippen LogP contribution in [0, 0.1) is 13.8 Å². The van der Waals surface area contributed by atoms with Gasteiger partial charge in [0.1, 0.15) is 0 Å². The number of rotatable bonds is 0. The van der Waals surface area contributed by atoms with Gasteiger partial charge >= 0.3 is 0 Å². The van der Waals surface area contributed by atoms with Crippen molar-refractivity contribution in [2.24, 2.45) is 0 Å². The topological polar surface area (TPSA) is 18.5 Å². The zero-order chi connectivity index (χ0) is 18.7. The number of aryl methyl sites for hydroxylation is 2. The Balaban J connectivity index is 0.000000174. The minimum absolute atomic E-state index is 1.00. The summed E-state index contributed by atoms with van der Waals surface area (Å²) in [5.74, 6) is 0. The fraction of sp³-hybridized carbons (Fsp3) is 0.500. The highest BCUT2D eigenvalue weighted by atomic mass is 16.5. The van der Waals surface area contributed by atoms with Crippen molar-refractivity contribution in [1.82, 2.24) is 0 Å². The second-order valence-electron chi connectivity index (χ2n) is 6.66. The summed E-state index contributed by atoms with van der Waals surface area (Å²) in [6.07, 6.45) is 7.86. The molecular weight excluding hydrogens is 320 g/mol. The molecule has 2 aliphatic heterocycles. The van der Waals surface area contributed by atoms with Gasteiger partial charge in [0.15, 0.2) is 0 Å². The molecule has 0 aliphatic carbocycles. The molecule has 0 saturated carbocycles. The molecular formula is C24H36O2. The van der Waals surface area contributed by atoms with E-state index in [2.05, 4.69) is 38.1 Å². The Bertz CT molecular complexity index is 430. The third-order valence-electron chi connectivity index (χ3n) is 4.04. The second-order valence-corrected chi connectivity index (χ2v) is 6.66. The average Bonchev–Trinajstić information content (AvgIpc) is 2.73. The Kier molecular flexibility index (Phi) is 14.5. The zero-order valence-electron chi connectivity index (χ0n) is 16.7. The van der Waals surface area contributed by atoms with Crippen LogP contribution in [0.1, 0.15) is 49.7 Å². The van der Waals surface area contributed by atoms with E-state index in [4.69, 9.17) is 9.47 Å². The summed E-state index contributed by atoms with van der Waals surface area (Å²) in [7, 11) is 0. The Morgan fingerprint density at radius 1 is 0.462 bits per heavy atom. The highest BCUT2D eigenvalue weighted by Crippen LogP contribution is 2.02. The molecule has 144 valence electrons. The highest BCUT2D eigenvalue weighted by molar-refractivity contribution is 5.12. The minimum atomic E-state index is 1.00. The van der Waals surface area contributed by atoms with Crippen LogP contribution in [0.15, 0.2) is 60.7 Å². The molecule has 2 aromatic carbocycles. The van der Waals surface area contributed by atoms with Crippen molar-refractivity contribution in [3.05, 3.63) is 71.8 Å². The molecule has 0 amide bonds. The van der Waals surface area contributed by atoms with Gasteiger partial charge in [0, 0.05) is 26.4 Å². The lowest BCUT2D eigenvalue weighted by Gasteiger charge is -2.08. The predicted octanol–water partition coefficient (Wildman–Crippen LogP) is 6.36. The van der Waals surface area contributed by atoms with Gasteiger partial charge in [0.25, 0.3) is 0 Å². The molecule has 0 aromatic heterocycles. The van der Waals surface area contributed by atoms with E-state index in [-0.39, 0.29) is 0 Å². The minimum Gasteiger partial charge on any atom is -0.381 e. The molecule has 0 radical (unpaired) electrons. The largest absolute Gasteiger partial charge is 0.381 e. The van der Waals surface area contributed by atoms with Crippen LogP contribution < -0.4 is 0 Å². The van der Waals surface area contributed by atoms with E-state index < -0.39 is 0 Å². The van der Waals surface area contributed by atoms with Crippen molar-refractivity contribution in [2.75, 3.05) is 26.4 Å². The van der Waals surface area contributed by atoms with Crippen molar-refractivity contribution >= 4 is 0 Å². The average molecular weight is 357 g/mol. The molecule has 2 heterocycles. The molecule has 0 N–H and O–H groups in total. The van der Waals surface area contributed by atoms with Crippen molar-refractivity contribution in [2.45, 2.75) is 52.4 Å². The van der Waals surface area contributed by atoms with Gasteiger partial charge in [-0.1, -0.05) is 71.8 Å². The summed E-state index contributed by atoms with van der Waals surface area (Å²) < 4.78 is 10.1. The molecule has 2 aliphatic rings. The summed E-state index contributed by atoms with van der Waals surface area (Å²) in [6.45, 7) is 8.17. The molecule has 2 aromatic rings. The van der Waals surface area contributed by atoms with E-state index in [0.717, 1.165) is 26.4 Å². The Morgan fingerprint density at radius 2 is 0.769 bits per heavy atom. The van der Waals surface area contributed by atoms with E-state index in [0.29, 0.717) is 0 Å². The van der Waals surface area contributed by atoms with Gasteiger partial charge < -0.3 is 9.47 Å². The van der Waals surface area contributed by atoms with Crippen molar-refractivity contribution in [3.8, 4) is 0 Å². The lowest BCUT2D eigenvalue weighted by Crippen LogP contribution is -2.03. The third-order valence-corrected chi connectivity index (χ3v) is 4.04. The lowest BCUT2D eigenvalue weighted by atomic mass is 10.2. The quantitative estimate of drug-likeness (QED) is 0.546. The maximum atomic E-state index is 5.07. The number of hydrogen-bond acceptors (Lipinski definition) is 2. The summed E-state index contributed by atoms with van der Waals surface area (Å²) in [6, 6.07) is 20.5. The van der Waals surface area contributed by atoms with Crippen LogP contribution in [0.25, 0.3) is 0 Å².